The lowest BCUT2D eigenvalue weighted by molar-refractivity contribution is 0.0525. The van der Waals surface area contributed by atoms with Crippen molar-refractivity contribution in [3.05, 3.63) is 21.4 Å². The second-order valence-corrected chi connectivity index (χ2v) is 4.16. The van der Waals surface area contributed by atoms with Gasteiger partial charge in [0.25, 0.3) is 0 Å². The molecule has 1 aromatic rings. The fraction of sp³-hybridized carbons (Fsp3) is 0.500. The summed E-state index contributed by atoms with van der Waals surface area (Å²) in [6.45, 7) is 4.08. The van der Waals surface area contributed by atoms with E-state index in [9.17, 15) is 4.79 Å². The van der Waals surface area contributed by atoms with Gasteiger partial charge in [0.2, 0.25) is 0 Å². The molecule has 0 aliphatic carbocycles. The van der Waals surface area contributed by atoms with Crippen LogP contribution in [0, 0.1) is 0 Å². The lowest BCUT2D eigenvalue weighted by Crippen LogP contribution is -2.23. The van der Waals surface area contributed by atoms with E-state index in [4.69, 9.17) is 4.74 Å². The van der Waals surface area contributed by atoms with Gasteiger partial charge in [-0.15, -0.1) is 11.3 Å². The van der Waals surface area contributed by atoms with Gasteiger partial charge in [0.05, 0.1) is 12.2 Å². The summed E-state index contributed by atoms with van der Waals surface area (Å²) < 4.78 is 4.99. The van der Waals surface area contributed by atoms with Crippen LogP contribution >= 0.6 is 11.3 Å². The molecule has 1 aliphatic heterocycles. The second-order valence-electron chi connectivity index (χ2n) is 3.20. The van der Waals surface area contributed by atoms with E-state index in [0.29, 0.717) is 6.61 Å². The minimum Gasteiger partial charge on any atom is -0.462 e. The number of carbonyl (C=O) groups is 1. The average molecular weight is 211 g/mol. The number of thiophene rings is 1. The molecule has 0 spiro atoms. The van der Waals surface area contributed by atoms with Gasteiger partial charge in [-0.3, -0.25) is 0 Å². The molecule has 3 nitrogen and oxygen atoms in total. The third kappa shape index (κ3) is 1.67. The van der Waals surface area contributed by atoms with E-state index in [1.54, 1.807) is 11.3 Å². The molecule has 0 aromatic carbocycles. The highest BCUT2D eigenvalue weighted by atomic mass is 32.1. The minimum absolute atomic E-state index is 0.186. The van der Waals surface area contributed by atoms with E-state index < -0.39 is 0 Å². The van der Waals surface area contributed by atoms with Crippen LogP contribution in [0.25, 0.3) is 0 Å². The van der Waals surface area contributed by atoms with Crippen molar-refractivity contribution in [2.75, 3.05) is 13.2 Å². The summed E-state index contributed by atoms with van der Waals surface area (Å²) in [5.41, 5.74) is 1.89. The molecule has 0 bridgehead atoms. The van der Waals surface area contributed by atoms with Crippen LogP contribution in [0.1, 0.15) is 27.7 Å². The minimum atomic E-state index is -0.186. The van der Waals surface area contributed by atoms with E-state index in [2.05, 4.69) is 5.32 Å². The van der Waals surface area contributed by atoms with E-state index in [0.717, 1.165) is 30.6 Å². The molecular formula is C10H13NO2S. The molecule has 1 aromatic heterocycles. The molecule has 1 N–H and O–H groups in total. The van der Waals surface area contributed by atoms with Gasteiger partial charge < -0.3 is 10.1 Å². The van der Waals surface area contributed by atoms with Gasteiger partial charge >= 0.3 is 5.97 Å². The maximum Gasteiger partial charge on any atom is 0.339 e. The van der Waals surface area contributed by atoms with Gasteiger partial charge in [0.1, 0.15) is 0 Å². The highest BCUT2D eigenvalue weighted by molar-refractivity contribution is 7.10. The number of carbonyl (C=O) groups excluding carboxylic acids is 1. The lowest BCUT2D eigenvalue weighted by Gasteiger charge is -2.13. The number of rotatable bonds is 2. The van der Waals surface area contributed by atoms with Crippen molar-refractivity contribution in [3.8, 4) is 0 Å². The maximum absolute atomic E-state index is 11.5. The summed E-state index contributed by atoms with van der Waals surface area (Å²) in [5, 5.41) is 5.18. The van der Waals surface area contributed by atoms with Crippen molar-refractivity contribution < 1.29 is 9.53 Å². The first-order valence-corrected chi connectivity index (χ1v) is 5.68. The zero-order valence-corrected chi connectivity index (χ0v) is 8.95. The van der Waals surface area contributed by atoms with E-state index in [1.807, 2.05) is 12.3 Å². The number of esters is 1. The molecular weight excluding hydrogens is 198 g/mol. The second kappa shape index (κ2) is 4.11. The smallest absolute Gasteiger partial charge is 0.339 e. The Morgan fingerprint density at radius 1 is 1.71 bits per heavy atom. The Kier molecular flexibility index (Phi) is 2.84. The van der Waals surface area contributed by atoms with Gasteiger partial charge in [0, 0.05) is 23.3 Å². The zero-order chi connectivity index (χ0) is 9.97. The standard InChI is InChI=1S/C10H13NO2S/c1-2-13-10(12)8-6-14-9-3-4-11-5-7(8)9/h6,11H,2-5H2,1H3. The predicted octanol–water partition coefficient (Wildman–Crippen LogP) is 1.57. The third-order valence-corrected chi connectivity index (χ3v) is 3.40. The molecule has 0 fully saturated rings. The topological polar surface area (TPSA) is 38.3 Å². The monoisotopic (exact) mass is 211 g/mol. The van der Waals surface area contributed by atoms with Crippen LogP contribution in [0.2, 0.25) is 0 Å². The van der Waals surface area contributed by atoms with Crippen molar-refractivity contribution in [2.24, 2.45) is 0 Å². The van der Waals surface area contributed by atoms with Crippen molar-refractivity contribution in [2.45, 2.75) is 19.9 Å². The van der Waals surface area contributed by atoms with Crippen LogP contribution < -0.4 is 5.32 Å². The summed E-state index contributed by atoms with van der Waals surface area (Å²) >= 11 is 1.67. The molecule has 2 heterocycles. The largest absolute Gasteiger partial charge is 0.462 e. The number of hydrogen-bond acceptors (Lipinski definition) is 4. The molecule has 0 unspecified atom stereocenters. The molecule has 14 heavy (non-hydrogen) atoms. The lowest BCUT2D eigenvalue weighted by atomic mass is 10.1. The first-order valence-electron chi connectivity index (χ1n) is 4.80. The maximum atomic E-state index is 11.5. The van der Waals surface area contributed by atoms with Crippen LogP contribution in [0.5, 0.6) is 0 Å². The fourth-order valence-corrected chi connectivity index (χ4v) is 2.66. The van der Waals surface area contributed by atoms with Crippen LogP contribution in [0.15, 0.2) is 5.38 Å². The Bertz CT molecular complexity index is 346. The highest BCUT2D eigenvalue weighted by Gasteiger charge is 2.20. The summed E-state index contributed by atoms with van der Waals surface area (Å²) in [7, 11) is 0. The SMILES string of the molecule is CCOC(=O)c1csc2c1CNCC2. The Labute approximate surface area is 87.1 Å². The molecule has 76 valence electrons. The molecule has 0 saturated carbocycles. The van der Waals surface area contributed by atoms with Crippen LogP contribution in [-0.4, -0.2) is 19.1 Å². The molecule has 0 amide bonds. The Morgan fingerprint density at radius 2 is 2.57 bits per heavy atom. The highest BCUT2D eigenvalue weighted by Crippen LogP contribution is 2.25. The Hall–Kier alpha value is -0.870. The molecule has 4 heteroatoms. The summed E-state index contributed by atoms with van der Waals surface area (Å²) in [6, 6.07) is 0. The van der Waals surface area contributed by atoms with Gasteiger partial charge in [-0.1, -0.05) is 0 Å². The molecule has 2 rings (SSSR count). The van der Waals surface area contributed by atoms with Crippen LogP contribution in [0.4, 0.5) is 0 Å². The normalized spacial score (nSPS) is 14.9. The Balaban J connectivity index is 2.25. The van der Waals surface area contributed by atoms with E-state index in [1.165, 1.54) is 4.88 Å². The van der Waals surface area contributed by atoms with Crippen molar-refractivity contribution >= 4 is 17.3 Å². The summed E-state index contributed by atoms with van der Waals surface area (Å²) in [5.74, 6) is -0.186. The number of hydrogen-bond donors (Lipinski definition) is 1. The van der Waals surface area contributed by atoms with E-state index in [-0.39, 0.29) is 5.97 Å². The zero-order valence-electron chi connectivity index (χ0n) is 8.13. The number of ether oxygens (including phenoxy) is 1. The molecule has 0 saturated heterocycles. The molecule has 1 aliphatic rings. The quantitative estimate of drug-likeness (QED) is 0.755. The van der Waals surface area contributed by atoms with Gasteiger partial charge in [-0.2, -0.15) is 0 Å². The van der Waals surface area contributed by atoms with Gasteiger partial charge in [-0.25, -0.2) is 4.79 Å². The van der Waals surface area contributed by atoms with Crippen molar-refractivity contribution in [1.82, 2.24) is 5.32 Å². The van der Waals surface area contributed by atoms with Crippen LogP contribution in [-0.2, 0) is 17.7 Å². The third-order valence-electron chi connectivity index (χ3n) is 2.31. The van der Waals surface area contributed by atoms with Gasteiger partial charge in [-0.05, 0) is 18.9 Å². The van der Waals surface area contributed by atoms with Crippen LogP contribution in [0.3, 0.4) is 0 Å². The van der Waals surface area contributed by atoms with Crippen molar-refractivity contribution in [1.29, 1.82) is 0 Å². The van der Waals surface area contributed by atoms with Crippen molar-refractivity contribution in [3.63, 3.8) is 0 Å². The summed E-state index contributed by atoms with van der Waals surface area (Å²) in [4.78, 5) is 12.9. The first-order chi connectivity index (χ1) is 6.83. The molecule has 0 atom stereocenters. The Morgan fingerprint density at radius 3 is 3.36 bits per heavy atom. The fourth-order valence-electron chi connectivity index (χ4n) is 1.62. The van der Waals surface area contributed by atoms with E-state index >= 15 is 0 Å². The predicted molar refractivity (Wildman–Crippen MR) is 55.7 cm³/mol. The van der Waals surface area contributed by atoms with Gasteiger partial charge in [0.15, 0.2) is 0 Å². The summed E-state index contributed by atoms with van der Waals surface area (Å²) in [6.07, 6.45) is 1.03. The number of nitrogens with one attached hydrogen (secondary N) is 1. The molecule has 0 radical (unpaired) electrons. The number of fused-ring (bicyclic) bond motifs is 1. The first kappa shape index (κ1) is 9.68. The average Bonchev–Trinajstić information content (AvgIpc) is 2.61.